The molecule has 20 heavy (non-hydrogen) atoms. The van der Waals surface area contributed by atoms with Gasteiger partial charge >= 0.3 is 12.1 Å². The average Bonchev–Trinajstić information content (AvgIpc) is 2.88. The Morgan fingerprint density at radius 3 is 2.50 bits per heavy atom. The van der Waals surface area contributed by atoms with Gasteiger partial charge in [0.1, 0.15) is 0 Å². The molecule has 0 bridgehead atoms. The van der Waals surface area contributed by atoms with Crippen molar-refractivity contribution in [3.8, 4) is 0 Å². The van der Waals surface area contributed by atoms with Crippen LogP contribution in [0.2, 0.25) is 0 Å². The molecule has 2 atom stereocenters. The van der Waals surface area contributed by atoms with Gasteiger partial charge in [-0.15, -0.1) is 0 Å². The lowest BCUT2D eigenvalue weighted by Crippen LogP contribution is -2.50. The van der Waals surface area contributed by atoms with Crippen molar-refractivity contribution in [1.29, 1.82) is 0 Å². The van der Waals surface area contributed by atoms with Crippen molar-refractivity contribution in [3.05, 3.63) is 0 Å². The lowest BCUT2D eigenvalue weighted by Gasteiger charge is -2.35. The third-order valence-electron chi connectivity index (χ3n) is 3.74. The van der Waals surface area contributed by atoms with E-state index in [1.165, 1.54) is 0 Å². The molecule has 7 nitrogen and oxygen atoms in total. The minimum absolute atomic E-state index is 0.00903. The van der Waals surface area contributed by atoms with Crippen LogP contribution >= 0.6 is 0 Å². The van der Waals surface area contributed by atoms with Crippen LogP contribution in [-0.4, -0.2) is 78.5 Å². The van der Waals surface area contributed by atoms with E-state index in [4.69, 9.17) is 14.6 Å². The van der Waals surface area contributed by atoms with E-state index in [-0.39, 0.29) is 12.2 Å². The first-order valence-corrected chi connectivity index (χ1v) is 7.12. The van der Waals surface area contributed by atoms with E-state index in [0.717, 1.165) is 26.1 Å². The van der Waals surface area contributed by atoms with Crippen molar-refractivity contribution in [2.75, 3.05) is 39.3 Å². The van der Waals surface area contributed by atoms with E-state index in [1.807, 2.05) is 0 Å². The predicted molar refractivity (Wildman–Crippen MR) is 70.6 cm³/mol. The van der Waals surface area contributed by atoms with Gasteiger partial charge in [0.2, 0.25) is 0 Å². The normalized spacial score (nSPS) is 27.6. The van der Waals surface area contributed by atoms with E-state index in [1.54, 1.807) is 11.8 Å². The third kappa shape index (κ3) is 3.83. The minimum Gasteiger partial charge on any atom is -0.479 e. The van der Waals surface area contributed by atoms with Gasteiger partial charge in [0, 0.05) is 32.7 Å². The van der Waals surface area contributed by atoms with E-state index < -0.39 is 12.1 Å². The third-order valence-corrected chi connectivity index (χ3v) is 3.74. The molecular weight excluding hydrogens is 264 g/mol. The first kappa shape index (κ1) is 15.1. The zero-order valence-electron chi connectivity index (χ0n) is 11.8. The van der Waals surface area contributed by atoms with E-state index in [0.29, 0.717) is 26.1 Å². The molecular formula is C13H22N2O5. The summed E-state index contributed by atoms with van der Waals surface area (Å²) in [5.41, 5.74) is 0. The van der Waals surface area contributed by atoms with Crippen molar-refractivity contribution < 1.29 is 24.2 Å². The lowest BCUT2D eigenvalue weighted by atomic mass is 10.2. The van der Waals surface area contributed by atoms with E-state index in [9.17, 15) is 9.59 Å². The summed E-state index contributed by atoms with van der Waals surface area (Å²) in [6.07, 6.45) is 0.457. The zero-order chi connectivity index (χ0) is 14.5. The zero-order valence-corrected chi connectivity index (χ0v) is 11.8. The Balaban J connectivity index is 1.70. The second-order valence-corrected chi connectivity index (χ2v) is 5.15. The highest BCUT2D eigenvalue weighted by molar-refractivity contribution is 5.72. The van der Waals surface area contributed by atoms with Gasteiger partial charge in [0.25, 0.3) is 0 Å². The number of rotatable bonds is 4. The number of carbonyl (C=O) groups excluding carboxylic acids is 1. The molecule has 2 aliphatic rings. The molecule has 0 aromatic rings. The van der Waals surface area contributed by atoms with Crippen LogP contribution in [0.15, 0.2) is 0 Å². The maximum atomic E-state index is 11.6. The number of carboxylic acid groups (broad SMARTS) is 1. The number of piperazine rings is 1. The van der Waals surface area contributed by atoms with Crippen LogP contribution < -0.4 is 0 Å². The Hall–Kier alpha value is -1.34. The second-order valence-electron chi connectivity index (χ2n) is 5.15. The Labute approximate surface area is 118 Å². The summed E-state index contributed by atoms with van der Waals surface area (Å²) in [6, 6.07) is 0. The highest BCUT2D eigenvalue weighted by Crippen LogP contribution is 2.21. The first-order valence-electron chi connectivity index (χ1n) is 7.12. The molecule has 0 aliphatic carbocycles. The van der Waals surface area contributed by atoms with Gasteiger partial charge in [0.15, 0.2) is 6.10 Å². The van der Waals surface area contributed by atoms with Crippen molar-refractivity contribution in [2.45, 2.75) is 32.0 Å². The van der Waals surface area contributed by atoms with Gasteiger partial charge in [-0.2, -0.15) is 0 Å². The number of aliphatic carboxylic acids is 1. The first-order chi connectivity index (χ1) is 9.60. The molecule has 7 heteroatoms. The number of carboxylic acids is 1. The summed E-state index contributed by atoms with van der Waals surface area (Å²) >= 11 is 0. The molecule has 2 unspecified atom stereocenters. The molecule has 0 spiro atoms. The SMILES string of the molecule is CCOC(=O)N1CCN(CC2CCC(C(=O)O)O2)CC1. The second kappa shape index (κ2) is 6.90. The number of nitrogens with zero attached hydrogens (tertiary/aromatic N) is 2. The van der Waals surface area contributed by atoms with Crippen molar-refractivity contribution in [2.24, 2.45) is 0 Å². The Morgan fingerprint density at radius 2 is 1.95 bits per heavy atom. The Bertz CT molecular complexity index is 355. The van der Waals surface area contributed by atoms with Gasteiger partial charge in [-0.3, -0.25) is 4.90 Å². The maximum absolute atomic E-state index is 11.6. The van der Waals surface area contributed by atoms with Crippen LogP contribution in [0.25, 0.3) is 0 Å². The number of carbonyl (C=O) groups is 2. The van der Waals surface area contributed by atoms with Gasteiger partial charge < -0.3 is 19.5 Å². The van der Waals surface area contributed by atoms with Crippen molar-refractivity contribution in [3.63, 3.8) is 0 Å². The maximum Gasteiger partial charge on any atom is 0.409 e. The monoisotopic (exact) mass is 286 g/mol. The molecule has 2 aliphatic heterocycles. The fourth-order valence-corrected chi connectivity index (χ4v) is 2.64. The highest BCUT2D eigenvalue weighted by Gasteiger charge is 2.32. The molecule has 0 saturated carbocycles. The minimum atomic E-state index is -0.875. The fourth-order valence-electron chi connectivity index (χ4n) is 2.64. The van der Waals surface area contributed by atoms with Crippen molar-refractivity contribution >= 4 is 12.1 Å². The highest BCUT2D eigenvalue weighted by atomic mass is 16.6. The molecule has 1 amide bonds. The number of ether oxygens (including phenoxy) is 2. The molecule has 2 heterocycles. The van der Waals surface area contributed by atoms with Gasteiger partial charge in [-0.1, -0.05) is 0 Å². The summed E-state index contributed by atoms with van der Waals surface area (Å²) in [7, 11) is 0. The molecule has 0 aromatic carbocycles. The van der Waals surface area contributed by atoms with Gasteiger partial charge in [-0.05, 0) is 19.8 Å². The van der Waals surface area contributed by atoms with Crippen LogP contribution in [0.3, 0.4) is 0 Å². The quantitative estimate of drug-likeness (QED) is 0.805. The standard InChI is InChI=1S/C13H22N2O5/c1-2-19-13(18)15-7-5-14(6-8-15)9-10-3-4-11(20-10)12(16)17/h10-11H,2-9H2,1H3,(H,16,17). The summed E-state index contributed by atoms with van der Waals surface area (Å²) in [4.78, 5) is 26.3. The predicted octanol–water partition coefficient (Wildman–Crippen LogP) is 0.393. The smallest absolute Gasteiger partial charge is 0.409 e. The fraction of sp³-hybridized carbons (Fsp3) is 0.846. The average molecular weight is 286 g/mol. The molecule has 114 valence electrons. The van der Waals surface area contributed by atoms with Crippen LogP contribution in [0, 0.1) is 0 Å². The summed E-state index contributed by atoms with van der Waals surface area (Å²) in [6.45, 7) is 5.77. The van der Waals surface area contributed by atoms with Crippen LogP contribution in [-0.2, 0) is 14.3 Å². The van der Waals surface area contributed by atoms with Gasteiger partial charge in [-0.25, -0.2) is 9.59 Å². The largest absolute Gasteiger partial charge is 0.479 e. The summed E-state index contributed by atoms with van der Waals surface area (Å²) < 4.78 is 10.5. The van der Waals surface area contributed by atoms with Gasteiger partial charge in [0.05, 0.1) is 12.7 Å². The van der Waals surface area contributed by atoms with E-state index in [2.05, 4.69) is 4.90 Å². The van der Waals surface area contributed by atoms with Crippen LogP contribution in [0.1, 0.15) is 19.8 Å². The van der Waals surface area contributed by atoms with Crippen LogP contribution in [0.5, 0.6) is 0 Å². The summed E-state index contributed by atoms with van der Waals surface area (Å²) in [5.74, 6) is -0.875. The van der Waals surface area contributed by atoms with Crippen molar-refractivity contribution in [1.82, 2.24) is 9.80 Å². The molecule has 2 rings (SSSR count). The molecule has 1 N–H and O–H groups in total. The molecule has 2 saturated heterocycles. The molecule has 2 fully saturated rings. The van der Waals surface area contributed by atoms with E-state index >= 15 is 0 Å². The number of hydrogen-bond donors (Lipinski definition) is 1. The lowest BCUT2D eigenvalue weighted by molar-refractivity contribution is -0.149. The number of amides is 1. The van der Waals surface area contributed by atoms with Crippen LogP contribution in [0.4, 0.5) is 4.79 Å². The summed E-state index contributed by atoms with van der Waals surface area (Å²) in [5, 5.41) is 8.89. The Morgan fingerprint density at radius 1 is 1.25 bits per heavy atom. The molecule has 0 aromatic heterocycles. The topological polar surface area (TPSA) is 79.3 Å². The molecule has 0 radical (unpaired) electrons. The number of hydrogen-bond acceptors (Lipinski definition) is 5. The Kier molecular flexibility index (Phi) is 5.19.